The predicted molar refractivity (Wildman–Crippen MR) is 79.5 cm³/mol. The molecule has 0 saturated heterocycles. The quantitative estimate of drug-likeness (QED) is 0.759. The molecule has 2 nitrogen and oxygen atoms in total. The van der Waals surface area contributed by atoms with Gasteiger partial charge in [0, 0.05) is 19.0 Å². The summed E-state index contributed by atoms with van der Waals surface area (Å²) in [5, 5.41) is 0. The summed E-state index contributed by atoms with van der Waals surface area (Å²) in [6, 6.07) is 5.61. The van der Waals surface area contributed by atoms with Crippen LogP contribution in [-0.2, 0) is 11.0 Å². The van der Waals surface area contributed by atoms with Crippen molar-refractivity contribution in [1.29, 1.82) is 0 Å². The Kier molecular flexibility index (Phi) is 5.14. The van der Waals surface area contributed by atoms with E-state index in [1.54, 1.807) is 11.0 Å². The molecule has 0 aliphatic heterocycles. The second kappa shape index (κ2) is 6.71. The number of amides is 1. The summed E-state index contributed by atoms with van der Waals surface area (Å²) in [5.74, 6) is -0.584. The molecular formula is C17H22F3NO. The minimum atomic E-state index is -4.36. The van der Waals surface area contributed by atoms with Crippen LogP contribution in [0.1, 0.15) is 50.2 Å². The molecule has 0 heterocycles. The van der Waals surface area contributed by atoms with Crippen molar-refractivity contribution in [1.82, 2.24) is 4.90 Å². The molecule has 1 saturated carbocycles. The number of hydrogen-bond acceptors (Lipinski definition) is 1. The number of halogens is 3. The number of hydrogen-bond donors (Lipinski definition) is 0. The lowest BCUT2D eigenvalue weighted by atomic mass is 10.0. The van der Waals surface area contributed by atoms with Crippen LogP contribution in [0.25, 0.3) is 0 Å². The van der Waals surface area contributed by atoms with E-state index in [-0.39, 0.29) is 23.3 Å². The largest absolute Gasteiger partial charge is 0.416 e. The lowest BCUT2D eigenvalue weighted by Gasteiger charge is -2.21. The molecule has 1 aromatic rings. The van der Waals surface area contributed by atoms with Crippen LogP contribution < -0.4 is 0 Å². The van der Waals surface area contributed by atoms with Gasteiger partial charge in [0.15, 0.2) is 0 Å². The Bertz CT molecular complexity index is 527. The fraction of sp³-hybridized carbons (Fsp3) is 0.588. The third-order valence-electron chi connectivity index (χ3n) is 4.25. The maximum absolute atomic E-state index is 13.1. The summed E-state index contributed by atoms with van der Waals surface area (Å²) in [6.07, 6.45) is -1.92. The van der Waals surface area contributed by atoms with Gasteiger partial charge < -0.3 is 4.90 Å². The van der Waals surface area contributed by atoms with E-state index < -0.39 is 11.7 Å². The molecule has 1 aliphatic rings. The van der Waals surface area contributed by atoms with Crippen molar-refractivity contribution >= 4 is 5.91 Å². The van der Waals surface area contributed by atoms with Crippen molar-refractivity contribution in [3.8, 4) is 0 Å². The lowest BCUT2D eigenvalue weighted by molar-refractivity contribution is -0.138. The molecule has 5 heteroatoms. The predicted octanol–water partition coefficient (Wildman–Crippen LogP) is 4.46. The molecule has 0 aromatic heterocycles. The molecule has 122 valence electrons. The van der Waals surface area contributed by atoms with E-state index in [1.807, 2.05) is 6.92 Å². The molecular weight excluding hydrogens is 291 g/mol. The molecule has 1 aliphatic carbocycles. The van der Waals surface area contributed by atoms with Gasteiger partial charge in [0.25, 0.3) is 0 Å². The zero-order valence-corrected chi connectivity index (χ0v) is 13.0. The van der Waals surface area contributed by atoms with Gasteiger partial charge in [0.2, 0.25) is 5.91 Å². The summed E-state index contributed by atoms with van der Waals surface area (Å²) in [7, 11) is 0. The summed E-state index contributed by atoms with van der Waals surface area (Å²) in [4.78, 5) is 14.2. The van der Waals surface area contributed by atoms with Crippen LogP contribution in [0.2, 0.25) is 0 Å². The van der Waals surface area contributed by atoms with Gasteiger partial charge in [-0.05, 0) is 37.3 Å². The molecule has 1 fully saturated rings. The average molecular weight is 313 g/mol. The summed E-state index contributed by atoms with van der Waals surface area (Å²) in [5.41, 5.74) is -0.341. The molecule has 0 bridgehead atoms. The first kappa shape index (κ1) is 16.8. The molecule has 2 unspecified atom stereocenters. The van der Waals surface area contributed by atoms with E-state index in [4.69, 9.17) is 0 Å². The van der Waals surface area contributed by atoms with Crippen LogP contribution in [0, 0.1) is 5.92 Å². The summed E-state index contributed by atoms with van der Waals surface area (Å²) < 4.78 is 39.2. The van der Waals surface area contributed by atoms with Crippen LogP contribution in [0.5, 0.6) is 0 Å². The SMILES string of the molecule is CCCCN(CC)C(=O)C1CC1c1ccccc1C(F)(F)F. The number of nitrogens with zero attached hydrogens (tertiary/aromatic N) is 1. The fourth-order valence-corrected chi connectivity index (χ4v) is 2.90. The molecule has 22 heavy (non-hydrogen) atoms. The van der Waals surface area contributed by atoms with Crippen molar-refractivity contribution in [3.63, 3.8) is 0 Å². The maximum Gasteiger partial charge on any atom is 0.416 e. The Morgan fingerprint density at radius 3 is 2.55 bits per heavy atom. The van der Waals surface area contributed by atoms with Gasteiger partial charge in [-0.25, -0.2) is 0 Å². The van der Waals surface area contributed by atoms with Crippen molar-refractivity contribution in [2.45, 2.75) is 45.2 Å². The number of carbonyl (C=O) groups is 1. The minimum Gasteiger partial charge on any atom is -0.343 e. The highest BCUT2D eigenvalue weighted by Crippen LogP contribution is 2.51. The monoisotopic (exact) mass is 313 g/mol. The van der Waals surface area contributed by atoms with Crippen LogP contribution in [0.3, 0.4) is 0 Å². The second-order valence-corrected chi connectivity index (χ2v) is 5.81. The van der Waals surface area contributed by atoms with Crippen LogP contribution in [-0.4, -0.2) is 23.9 Å². The van der Waals surface area contributed by atoms with E-state index in [1.165, 1.54) is 12.1 Å². The van der Waals surface area contributed by atoms with E-state index in [0.717, 1.165) is 18.9 Å². The smallest absolute Gasteiger partial charge is 0.343 e. The Morgan fingerprint density at radius 1 is 1.27 bits per heavy atom. The Morgan fingerprint density at radius 2 is 1.95 bits per heavy atom. The van der Waals surface area contributed by atoms with Crippen LogP contribution in [0.4, 0.5) is 13.2 Å². The van der Waals surface area contributed by atoms with E-state index in [9.17, 15) is 18.0 Å². The highest BCUT2D eigenvalue weighted by Gasteiger charge is 2.48. The van der Waals surface area contributed by atoms with Crippen LogP contribution >= 0.6 is 0 Å². The Labute approximate surface area is 129 Å². The topological polar surface area (TPSA) is 20.3 Å². The zero-order chi connectivity index (χ0) is 16.3. The van der Waals surface area contributed by atoms with Gasteiger partial charge in [-0.3, -0.25) is 4.79 Å². The maximum atomic E-state index is 13.1. The van der Waals surface area contributed by atoms with E-state index >= 15 is 0 Å². The standard InChI is InChI=1S/C17H22F3NO/c1-3-5-10-21(4-2)16(22)14-11-13(14)12-8-6-7-9-15(12)17(18,19)20/h6-9,13-14H,3-5,10-11H2,1-2H3. The molecule has 0 N–H and O–H groups in total. The Hall–Kier alpha value is -1.52. The summed E-state index contributed by atoms with van der Waals surface area (Å²) in [6.45, 7) is 5.27. The second-order valence-electron chi connectivity index (χ2n) is 5.81. The van der Waals surface area contributed by atoms with E-state index in [0.29, 0.717) is 19.5 Å². The number of unbranched alkanes of at least 4 members (excludes halogenated alkanes) is 1. The third-order valence-corrected chi connectivity index (χ3v) is 4.25. The van der Waals surface area contributed by atoms with Gasteiger partial charge in [-0.15, -0.1) is 0 Å². The van der Waals surface area contributed by atoms with Gasteiger partial charge in [-0.1, -0.05) is 31.5 Å². The van der Waals surface area contributed by atoms with Gasteiger partial charge in [0.05, 0.1) is 5.56 Å². The van der Waals surface area contributed by atoms with Gasteiger partial charge >= 0.3 is 6.18 Å². The van der Waals surface area contributed by atoms with Crippen molar-refractivity contribution in [2.75, 3.05) is 13.1 Å². The highest BCUT2D eigenvalue weighted by atomic mass is 19.4. The molecule has 0 radical (unpaired) electrons. The normalized spacial score (nSPS) is 20.8. The summed E-state index contributed by atoms with van der Waals surface area (Å²) >= 11 is 0. The van der Waals surface area contributed by atoms with E-state index in [2.05, 4.69) is 6.92 Å². The Balaban J connectivity index is 2.11. The lowest BCUT2D eigenvalue weighted by Crippen LogP contribution is -2.33. The van der Waals surface area contributed by atoms with Gasteiger partial charge in [0.1, 0.15) is 0 Å². The first-order chi connectivity index (χ1) is 10.4. The first-order valence-electron chi connectivity index (χ1n) is 7.85. The molecule has 1 aromatic carbocycles. The van der Waals surface area contributed by atoms with Crippen molar-refractivity contribution in [3.05, 3.63) is 35.4 Å². The molecule has 0 spiro atoms. The molecule has 2 rings (SSSR count). The van der Waals surface area contributed by atoms with Crippen molar-refractivity contribution < 1.29 is 18.0 Å². The van der Waals surface area contributed by atoms with Gasteiger partial charge in [-0.2, -0.15) is 13.2 Å². The fourth-order valence-electron chi connectivity index (χ4n) is 2.90. The van der Waals surface area contributed by atoms with Crippen LogP contribution in [0.15, 0.2) is 24.3 Å². The average Bonchev–Trinajstić information content (AvgIpc) is 3.27. The zero-order valence-electron chi connectivity index (χ0n) is 13.0. The first-order valence-corrected chi connectivity index (χ1v) is 7.85. The third kappa shape index (κ3) is 3.62. The van der Waals surface area contributed by atoms with Crippen molar-refractivity contribution in [2.24, 2.45) is 5.92 Å². The number of rotatable bonds is 6. The molecule has 1 amide bonds. The highest BCUT2D eigenvalue weighted by molar-refractivity contribution is 5.83. The molecule has 2 atom stereocenters. The number of alkyl halides is 3. The minimum absolute atomic E-state index is 0.00192. The number of benzene rings is 1. The number of carbonyl (C=O) groups excluding carboxylic acids is 1.